The van der Waals surface area contributed by atoms with Gasteiger partial charge in [0.05, 0.1) is 16.9 Å². The lowest BCUT2D eigenvalue weighted by Crippen LogP contribution is -2.35. The maximum absolute atomic E-state index is 12.2. The molecule has 49 heavy (non-hydrogen) atoms. The Balaban J connectivity index is 1.43. The maximum atomic E-state index is 12.2. The Morgan fingerprint density at radius 2 is 1.63 bits per heavy atom. The van der Waals surface area contributed by atoms with Gasteiger partial charge in [0.2, 0.25) is 5.69 Å². The number of rotatable bonds is 13. The molecule has 2 aliphatic rings. The number of ether oxygens (including phenoxy) is 1. The molecule has 0 atom stereocenters. The molecular weight excluding hydrogens is 639 g/mol. The zero-order valence-corrected chi connectivity index (χ0v) is 31.5. The number of alkyl carbamates (subject to hydrolysis) is 1. The molecule has 4 rings (SSSR count). The van der Waals surface area contributed by atoms with E-state index in [1.807, 2.05) is 0 Å². The Bertz CT molecular complexity index is 1790. The lowest BCUT2D eigenvalue weighted by atomic mass is 9.80. The van der Waals surface area contributed by atoms with Gasteiger partial charge in [-0.2, -0.15) is 13.0 Å². The highest BCUT2D eigenvalue weighted by Crippen LogP contribution is 2.48. The molecule has 0 fully saturated rings. The van der Waals surface area contributed by atoms with E-state index in [9.17, 15) is 22.6 Å². The molecule has 2 aromatic rings. The lowest BCUT2D eigenvalue weighted by molar-refractivity contribution is -0.401. The smallest absolute Gasteiger partial charge is 0.408 e. The first-order valence-corrected chi connectivity index (χ1v) is 18.7. The summed E-state index contributed by atoms with van der Waals surface area (Å²) in [6.45, 7) is 16.8. The van der Waals surface area contributed by atoms with Crippen molar-refractivity contribution in [3.63, 3.8) is 0 Å². The number of hydrogen-bond donors (Lipinski definition) is 2. The first-order chi connectivity index (χ1) is 22.7. The van der Waals surface area contributed by atoms with E-state index < -0.39 is 27.2 Å². The summed E-state index contributed by atoms with van der Waals surface area (Å²) in [5.74, 6) is -0.0156. The molecule has 2 aliphatic heterocycles. The van der Waals surface area contributed by atoms with Crippen molar-refractivity contribution < 1.29 is 31.9 Å². The highest BCUT2D eigenvalue weighted by atomic mass is 32.2. The van der Waals surface area contributed by atoms with Gasteiger partial charge in [0.25, 0.3) is 10.1 Å². The van der Waals surface area contributed by atoms with Crippen LogP contribution in [0.2, 0.25) is 0 Å². The van der Waals surface area contributed by atoms with Gasteiger partial charge < -0.3 is 15.0 Å². The van der Waals surface area contributed by atoms with Gasteiger partial charge in [0.15, 0.2) is 11.5 Å². The molecule has 0 bridgehead atoms. The Labute approximate surface area is 292 Å². The number of nitrogens with one attached hydrogen (secondary N) is 1. The van der Waals surface area contributed by atoms with Crippen LogP contribution in [0.3, 0.4) is 0 Å². The van der Waals surface area contributed by atoms with E-state index in [0.717, 1.165) is 55.6 Å². The number of benzene rings is 2. The predicted octanol–water partition coefficient (Wildman–Crippen LogP) is 7.92. The summed E-state index contributed by atoms with van der Waals surface area (Å²) < 4.78 is 41.3. The van der Waals surface area contributed by atoms with Crippen LogP contribution in [0.15, 0.2) is 65.2 Å². The van der Waals surface area contributed by atoms with Gasteiger partial charge in [-0.05, 0) is 90.3 Å². The van der Waals surface area contributed by atoms with Crippen LogP contribution in [0.5, 0.6) is 0 Å². The predicted molar refractivity (Wildman–Crippen MR) is 196 cm³/mol. The van der Waals surface area contributed by atoms with E-state index in [-0.39, 0.29) is 22.6 Å². The molecule has 266 valence electrons. The highest BCUT2D eigenvalue weighted by molar-refractivity contribution is 7.85. The molecule has 2 heterocycles. The van der Waals surface area contributed by atoms with Crippen LogP contribution in [0.4, 0.5) is 16.2 Å². The normalized spacial score (nSPS) is 17.5. The van der Waals surface area contributed by atoms with E-state index in [4.69, 9.17) is 4.74 Å². The van der Waals surface area contributed by atoms with Crippen molar-refractivity contribution in [2.45, 2.75) is 115 Å². The van der Waals surface area contributed by atoms with Crippen LogP contribution in [0.25, 0.3) is 0 Å². The fraction of sp³-hybridized carbons (Fsp3) is 0.513. The number of aryl methyl sites for hydroxylation is 1. The average Bonchev–Trinajstić information content (AvgIpc) is 3.31. The second-order valence-electron chi connectivity index (χ2n) is 15.3. The van der Waals surface area contributed by atoms with E-state index in [1.54, 1.807) is 32.9 Å². The molecule has 9 nitrogen and oxygen atoms in total. The Hall–Kier alpha value is -3.76. The van der Waals surface area contributed by atoms with Crippen molar-refractivity contribution in [3.8, 4) is 0 Å². The molecule has 0 saturated carbocycles. The largest absolute Gasteiger partial charge is 0.444 e. The molecule has 0 saturated heterocycles. The molecule has 0 aromatic heterocycles. The molecule has 0 spiro atoms. The van der Waals surface area contributed by atoms with E-state index >= 15 is 0 Å². The Morgan fingerprint density at radius 3 is 2.31 bits per heavy atom. The second kappa shape index (κ2) is 14.6. The summed E-state index contributed by atoms with van der Waals surface area (Å²) in [6.07, 6.45) is 10.8. The first kappa shape index (κ1) is 38.0. The summed E-state index contributed by atoms with van der Waals surface area (Å²) in [5.41, 5.74) is 6.51. The number of carbonyl (C=O) groups excluding carboxylic acids is 2. The van der Waals surface area contributed by atoms with Gasteiger partial charge in [0, 0.05) is 47.5 Å². The molecule has 0 radical (unpaired) electrons. The number of ketones is 1. The van der Waals surface area contributed by atoms with E-state index in [2.05, 4.69) is 92.9 Å². The van der Waals surface area contributed by atoms with Gasteiger partial charge >= 0.3 is 6.09 Å². The summed E-state index contributed by atoms with van der Waals surface area (Å²) in [4.78, 5) is 26.2. The van der Waals surface area contributed by atoms with Crippen LogP contribution in [-0.2, 0) is 30.5 Å². The minimum absolute atomic E-state index is 0.0156. The number of nitrogens with zero attached hydrogens (tertiary/aromatic N) is 2. The molecule has 10 heteroatoms. The van der Waals surface area contributed by atoms with Crippen molar-refractivity contribution in [2.75, 3.05) is 25.0 Å². The quantitative estimate of drug-likeness (QED) is 0.125. The Morgan fingerprint density at radius 1 is 0.959 bits per heavy atom. The topological polar surface area (TPSA) is 116 Å². The summed E-state index contributed by atoms with van der Waals surface area (Å²) >= 11 is 0. The summed E-state index contributed by atoms with van der Waals surface area (Å²) in [6, 6.07) is 11.4. The third kappa shape index (κ3) is 8.89. The van der Waals surface area contributed by atoms with Crippen LogP contribution in [-0.4, -0.2) is 60.9 Å². The van der Waals surface area contributed by atoms with Crippen molar-refractivity contribution >= 4 is 39.1 Å². The maximum Gasteiger partial charge on any atom is 0.408 e. The zero-order valence-electron chi connectivity index (χ0n) is 30.6. The lowest BCUT2D eigenvalue weighted by Gasteiger charge is -2.27. The SMILES string of the molecule is Cc1ccc2c(c1)C(C)(C)C(/C=C/C=C1/N(CCCCCCCC(=O)CNC(=O)OC(C)(C)C)c3ccc(S(=O)(=O)O)cc3C1(C)C)=[N+]2C. The first-order valence-electron chi connectivity index (χ1n) is 17.2. The van der Waals surface area contributed by atoms with Gasteiger partial charge in [-0.1, -0.05) is 50.8 Å². The second-order valence-corrected chi connectivity index (χ2v) is 16.8. The average molecular weight is 693 g/mol. The standard InChI is InChI=1S/C39H53N3O6S/c1-27-19-21-32-30(24-27)38(5,6)34(41(32)9)17-15-18-35-39(7,8)31-25-29(49(45,46)47)20-22-33(31)42(35)23-14-12-10-11-13-16-28(43)26-40-36(44)48-37(2,3)4/h15,17-22,24-25H,10-14,16,23,26H2,1-9H3,(H-,40,44,45,46,47)/p+1. The number of carbonyl (C=O) groups is 2. The highest BCUT2D eigenvalue weighted by Gasteiger charge is 2.43. The minimum Gasteiger partial charge on any atom is -0.444 e. The molecule has 0 unspecified atom stereocenters. The monoisotopic (exact) mass is 692 g/mol. The summed E-state index contributed by atoms with van der Waals surface area (Å²) in [5, 5.41) is 2.53. The van der Waals surface area contributed by atoms with Gasteiger partial charge in [-0.3, -0.25) is 9.35 Å². The number of unbranched alkanes of at least 4 members (excludes halogenated alkanes) is 4. The van der Waals surface area contributed by atoms with Crippen molar-refractivity contribution in [1.29, 1.82) is 0 Å². The van der Waals surface area contributed by atoms with Gasteiger partial charge in [-0.25, -0.2) is 4.79 Å². The van der Waals surface area contributed by atoms with E-state index in [1.165, 1.54) is 28.6 Å². The Kier molecular flexibility index (Phi) is 11.3. The molecular formula is C39H54N3O6S+. The number of Topliss-reactive ketones (excluding diaryl/α,β-unsaturated/α-hetero) is 1. The third-order valence-electron chi connectivity index (χ3n) is 9.52. The minimum atomic E-state index is -4.35. The van der Waals surface area contributed by atoms with Gasteiger partial charge in [0.1, 0.15) is 12.6 Å². The molecule has 2 N–H and O–H groups in total. The number of hydrogen-bond acceptors (Lipinski definition) is 6. The molecule has 1 amide bonds. The number of allylic oxidation sites excluding steroid dienone is 4. The third-order valence-corrected chi connectivity index (χ3v) is 10.4. The van der Waals surface area contributed by atoms with Crippen LogP contribution < -0.4 is 10.2 Å². The van der Waals surface area contributed by atoms with E-state index in [0.29, 0.717) is 6.42 Å². The fourth-order valence-corrected chi connectivity index (χ4v) is 7.44. The molecule has 2 aromatic carbocycles. The number of amides is 1. The fourth-order valence-electron chi connectivity index (χ4n) is 6.93. The van der Waals surface area contributed by atoms with Crippen LogP contribution in [0, 0.1) is 6.92 Å². The number of anilines is 1. The number of fused-ring (bicyclic) bond motifs is 2. The van der Waals surface area contributed by atoms with Crippen molar-refractivity contribution in [3.05, 3.63) is 77.0 Å². The van der Waals surface area contributed by atoms with Gasteiger partial charge in [-0.15, -0.1) is 0 Å². The van der Waals surface area contributed by atoms with Crippen molar-refractivity contribution in [2.24, 2.45) is 0 Å². The van der Waals surface area contributed by atoms with Crippen LogP contribution in [0.1, 0.15) is 104 Å². The molecule has 0 aliphatic carbocycles. The zero-order chi connectivity index (χ0) is 36.4. The summed E-state index contributed by atoms with van der Waals surface area (Å²) in [7, 11) is -2.25. The van der Waals surface area contributed by atoms with Crippen LogP contribution >= 0.6 is 0 Å². The van der Waals surface area contributed by atoms with Crippen molar-refractivity contribution in [1.82, 2.24) is 5.32 Å².